The molecule has 1 N–H and O–H groups in total. The molecular weight excluding hydrogens is 254 g/mol. The van der Waals surface area contributed by atoms with Gasteiger partial charge in [-0.2, -0.15) is 0 Å². The monoisotopic (exact) mass is 273 g/mol. The minimum absolute atomic E-state index is 0.598. The zero-order valence-electron chi connectivity index (χ0n) is 11.8. The summed E-state index contributed by atoms with van der Waals surface area (Å²) in [6, 6.07) is 8.00. The lowest BCUT2D eigenvalue weighted by Gasteiger charge is -2.19. The van der Waals surface area contributed by atoms with Crippen LogP contribution in [0.15, 0.2) is 28.7 Å². The summed E-state index contributed by atoms with van der Waals surface area (Å²) in [5, 5.41) is 10.4. The first-order valence-electron chi connectivity index (χ1n) is 6.92. The van der Waals surface area contributed by atoms with Gasteiger partial charge in [0.15, 0.2) is 0 Å². The van der Waals surface area contributed by atoms with Crippen molar-refractivity contribution < 1.29 is 14.3 Å². The molecule has 3 rings (SSSR count). The fraction of sp³-hybridized carbons (Fsp3) is 0.438. The summed E-state index contributed by atoms with van der Waals surface area (Å²) in [5.41, 5.74) is 1.46. The van der Waals surface area contributed by atoms with Crippen molar-refractivity contribution in [2.24, 2.45) is 5.41 Å². The van der Waals surface area contributed by atoms with E-state index >= 15 is 0 Å². The largest absolute Gasteiger partial charge is 0.481 e. The van der Waals surface area contributed by atoms with Crippen LogP contribution in [0.5, 0.6) is 0 Å². The zero-order chi connectivity index (χ0) is 14.3. The molecule has 106 valence electrons. The van der Waals surface area contributed by atoms with E-state index in [1.807, 2.05) is 32.0 Å². The Hall–Kier alpha value is -1.81. The summed E-state index contributed by atoms with van der Waals surface area (Å²) >= 11 is 0. The molecule has 20 heavy (non-hydrogen) atoms. The second-order valence-corrected chi connectivity index (χ2v) is 5.96. The number of rotatable bonds is 3. The number of para-hydroxylation sites is 1. The molecule has 2 heterocycles. The Morgan fingerprint density at radius 3 is 2.90 bits per heavy atom. The van der Waals surface area contributed by atoms with Crippen LogP contribution in [0.3, 0.4) is 0 Å². The molecule has 1 fully saturated rings. The summed E-state index contributed by atoms with van der Waals surface area (Å²) in [4.78, 5) is 13.5. The lowest BCUT2D eigenvalue weighted by molar-refractivity contribution is -0.147. The maximum absolute atomic E-state index is 11.3. The van der Waals surface area contributed by atoms with Gasteiger partial charge in [-0.25, -0.2) is 0 Å². The number of furan rings is 1. The molecule has 0 saturated carbocycles. The third-order valence-corrected chi connectivity index (χ3v) is 4.35. The van der Waals surface area contributed by atoms with Gasteiger partial charge in [0.1, 0.15) is 11.3 Å². The van der Waals surface area contributed by atoms with Crippen LogP contribution in [0.2, 0.25) is 0 Å². The number of carbonyl (C=O) groups is 1. The Morgan fingerprint density at radius 1 is 1.45 bits per heavy atom. The highest BCUT2D eigenvalue weighted by molar-refractivity contribution is 5.82. The number of benzene rings is 1. The third kappa shape index (κ3) is 2.10. The Morgan fingerprint density at radius 2 is 2.20 bits per heavy atom. The van der Waals surface area contributed by atoms with Gasteiger partial charge < -0.3 is 9.52 Å². The third-order valence-electron chi connectivity index (χ3n) is 4.35. The first kappa shape index (κ1) is 13.2. The second-order valence-electron chi connectivity index (χ2n) is 5.96. The number of fused-ring (bicyclic) bond motifs is 1. The van der Waals surface area contributed by atoms with Crippen molar-refractivity contribution in [1.82, 2.24) is 4.90 Å². The Bertz CT molecular complexity index is 661. The molecule has 0 bridgehead atoms. The molecular formula is C16H19NO3. The Labute approximate surface area is 118 Å². The second kappa shape index (κ2) is 4.63. The number of likely N-dealkylation sites (tertiary alicyclic amines) is 1. The number of hydrogen-bond donors (Lipinski definition) is 1. The van der Waals surface area contributed by atoms with E-state index in [9.17, 15) is 9.90 Å². The molecule has 1 saturated heterocycles. The first-order chi connectivity index (χ1) is 9.49. The molecule has 0 aliphatic carbocycles. The fourth-order valence-corrected chi connectivity index (χ4v) is 3.01. The lowest BCUT2D eigenvalue weighted by atomic mass is 9.90. The maximum Gasteiger partial charge on any atom is 0.310 e. The SMILES string of the molecule is Cc1oc2ccccc2c1CN1CCC(C)(C(=O)O)C1. The molecule has 4 nitrogen and oxygen atoms in total. The molecule has 1 aliphatic heterocycles. The first-order valence-corrected chi connectivity index (χ1v) is 6.92. The zero-order valence-corrected chi connectivity index (χ0v) is 11.8. The fourth-order valence-electron chi connectivity index (χ4n) is 3.01. The van der Waals surface area contributed by atoms with E-state index in [4.69, 9.17) is 4.42 Å². The summed E-state index contributed by atoms with van der Waals surface area (Å²) in [7, 11) is 0. The van der Waals surface area contributed by atoms with Gasteiger partial charge in [-0.05, 0) is 32.9 Å². The molecule has 1 atom stereocenters. The van der Waals surface area contributed by atoms with Crippen LogP contribution >= 0.6 is 0 Å². The quantitative estimate of drug-likeness (QED) is 0.934. The Balaban J connectivity index is 1.85. The summed E-state index contributed by atoms with van der Waals surface area (Å²) in [6.45, 7) is 5.98. The van der Waals surface area contributed by atoms with Crippen molar-refractivity contribution in [1.29, 1.82) is 0 Å². The molecule has 2 aromatic rings. The number of aryl methyl sites for hydroxylation is 1. The van der Waals surface area contributed by atoms with Crippen molar-refractivity contribution in [3.8, 4) is 0 Å². The van der Waals surface area contributed by atoms with Crippen LogP contribution in [0.4, 0.5) is 0 Å². The van der Waals surface area contributed by atoms with Crippen LogP contribution in [-0.4, -0.2) is 29.1 Å². The predicted octanol–water partition coefficient (Wildman–Crippen LogP) is 3.04. The normalized spacial score (nSPS) is 23.5. The van der Waals surface area contributed by atoms with E-state index in [-0.39, 0.29) is 0 Å². The van der Waals surface area contributed by atoms with E-state index in [1.54, 1.807) is 0 Å². The van der Waals surface area contributed by atoms with E-state index < -0.39 is 11.4 Å². The Kier molecular flexibility index (Phi) is 3.05. The number of hydrogen-bond acceptors (Lipinski definition) is 3. The number of carboxylic acids is 1. The van der Waals surface area contributed by atoms with Crippen molar-refractivity contribution in [2.45, 2.75) is 26.8 Å². The van der Waals surface area contributed by atoms with Crippen LogP contribution in [0.25, 0.3) is 11.0 Å². The molecule has 4 heteroatoms. The average molecular weight is 273 g/mol. The number of aliphatic carboxylic acids is 1. The van der Waals surface area contributed by atoms with Gasteiger partial charge in [0.2, 0.25) is 0 Å². The molecule has 1 unspecified atom stereocenters. The van der Waals surface area contributed by atoms with Gasteiger partial charge in [-0.1, -0.05) is 18.2 Å². The summed E-state index contributed by atoms with van der Waals surface area (Å²) < 4.78 is 5.77. The van der Waals surface area contributed by atoms with Gasteiger partial charge in [-0.15, -0.1) is 0 Å². The van der Waals surface area contributed by atoms with Crippen LogP contribution in [0, 0.1) is 12.3 Å². The number of carboxylic acid groups (broad SMARTS) is 1. The van der Waals surface area contributed by atoms with Gasteiger partial charge in [0.25, 0.3) is 0 Å². The van der Waals surface area contributed by atoms with Crippen molar-refractivity contribution in [3.05, 3.63) is 35.6 Å². The van der Waals surface area contributed by atoms with E-state index in [1.165, 1.54) is 5.56 Å². The van der Waals surface area contributed by atoms with Crippen LogP contribution < -0.4 is 0 Å². The molecule has 0 radical (unpaired) electrons. The van der Waals surface area contributed by atoms with E-state index in [0.29, 0.717) is 13.0 Å². The smallest absolute Gasteiger partial charge is 0.310 e. The van der Waals surface area contributed by atoms with Crippen LogP contribution in [0.1, 0.15) is 24.7 Å². The number of nitrogens with zero attached hydrogens (tertiary/aromatic N) is 1. The highest BCUT2D eigenvalue weighted by Gasteiger charge is 2.40. The van der Waals surface area contributed by atoms with E-state index in [2.05, 4.69) is 11.0 Å². The van der Waals surface area contributed by atoms with Gasteiger partial charge >= 0.3 is 5.97 Å². The summed E-state index contributed by atoms with van der Waals surface area (Å²) in [6.07, 6.45) is 0.706. The molecule has 1 aromatic heterocycles. The van der Waals surface area contributed by atoms with Gasteiger partial charge in [0.05, 0.1) is 5.41 Å². The van der Waals surface area contributed by atoms with Crippen molar-refractivity contribution in [3.63, 3.8) is 0 Å². The molecule has 1 aliphatic rings. The van der Waals surface area contributed by atoms with Gasteiger partial charge in [-0.3, -0.25) is 9.69 Å². The molecule has 0 spiro atoms. The standard InChI is InChI=1S/C16H19NO3/c1-11-13(12-5-3-4-6-14(12)20-11)9-17-8-7-16(2,10-17)15(18)19/h3-6H,7-10H2,1-2H3,(H,18,19). The topological polar surface area (TPSA) is 53.7 Å². The maximum atomic E-state index is 11.3. The highest BCUT2D eigenvalue weighted by atomic mass is 16.4. The summed E-state index contributed by atoms with van der Waals surface area (Å²) in [5.74, 6) is 0.226. The predicted molar refractivity (Wildman–Crippen MR) is 76.6 cm³/mol. The van der Waals surface area contributed by atoms with Crippen LogP contribution in [-0.2, 0) is 11.3 Å². The van der Waals surface area contributed by atoms with Crippen molar-refractivity contribution in [2.75, 3.05) is 13.1 Å². The molecule has 1 aromatic carbocycles. The van der Waals surface area contributed by atoms with E-state index in [0.717, 1.165) is 29.8 Å². The highest BCUT2D eigenvalue weighted by Crippen LogP contribution is 2.33. The van der Waals surface area contributed by atoms with Gasteiger partial charge in [0, 0.05) is 24.0 Å². The minimum atomic E-state index is -0.700. The van der Waals surface area contributed by atoms with Crippen molar-refractivity contribution >= 4 is 16.9 Å². The minimum Gasteiger partial charge on any atom is -0.481 e. The molecule has 0 amide bonds. The average Bonchev–Trinajstić information content (AvgIpc) is 2.93. The lowest BCUT2D eigenvalue weighted by Crippen LogP contribution is -2.31.